The van der Waals surface area contributed by atoms with E-state index in [1.807, 2.05) is 36.4 Å². The number of nitrogens with zero attached hydrogens (tertiary/aromatic N) is 3. The summed E-state index contributed by atoms with van der Waals surface area (Å²) in [5.41, 5.74) is 14.0. The molecule has 7 rings (SSSR count). The van der Waals surface area contributed by atoms with Gasteiger partial charge < -0.3 is 16.0 Å². The highest BCUT2D eigenvalue weighted by atomic mass is 16.2. The lowest BCUT2D eigenvalue weighted by Crippen LogP contribution is -2.40. The third-order valence-electron chi connectivity index (χ3n) is 10.5. The molecule has 3 heterocycles. The first-order valence-corrected chi connectivity index (χ1v) is 19.4. The Morgan fingerprint density at radius 3 is 0.860 bits per heavy atom. The molecular weight excluding hydrogens is 709 g/mol. The average Bonchev–Trinajstić information content (AvgIpc) is 3.17. The molecule has 0 radical (unpaired) electrons. The van der Waals surface area contributed by atoms with Crippen molar-refractivity contribution < 1.29 is 14.4 Å². The molecule has 3 aromatic carbocycles. The predicted molar refractivity (Wildman–Crippen MR) is 228 cm³/mol. The summed E-state index contributed by atoms with van der Waals surface area (Å²) in [6, 6.07) is 30.0. The molecular formula is C48H48N6O3. The molecule has 1 aliphatic carbocycles. The van der Waals surface area contributed by atoms with Crippen molar-refractivity contribution >= 4 is 34.8 Å². The van der Waals surface area contributed by atoms with E-state index in [2.05, 4.69) is 127 Å². The van der Waals surface area contributed by atoms with Crippen LogP contribution in [0.5, 0.6) is 0 Å². The van der Waals surface area contributed by atoms with E-state index in [4.69, 9.17) is 0 Å². The van der Waals surface area contributed by atoms with E-state index < -0.39 is 17.8 Å². The van der Waals surface area contributed by atoms with Crippen molar-refractivity contribution in [3.63, 3.8) is 0 Å². The summed E-state index contributed by atoms with van der Waals surface area (Å²) in [5.74, 6) is -2.57. The standard InChI is InChI=1S/C48H48N6O3/c1-28-13-29(2)17-34(16-28)43-10-7-40(25-49-43)52-46(55)37-22-38(47(56)53-41-8-11-44(50-26-41)35-18-30(3)14-31(4)19-35)24-39(23-37)48(57)54-42-9-12-45(51-27-42)36-20-32(5)15-33(6)21-36/h7-21,25-27,37-39H,22-24H2,1-6H3,(H,52,55)(H,53,56)(H,54,57). The highest BCUT2D eigenvalue weighted by Crippen LogP contribution is 2.36. The maximum Gasteiger partial charge on any atom is 0.227 e. The summed E-state index contributed by atoms with van der Waals surface area (Å²) < 4.78 is 0. The van der Waals surface area contributed by atoms with Crippen molar-refractivity contribution in [2.45, 2.75) is 60.8 Å². The Balaban J connectivity index is 1.07. The van der Waals surface area contributed by atoms with E-state index in [9.17, 15) is 14.4 Å². The zero-order chi connectivity index (χ0) is 40.2. The Morgan fingerprint density at radius 2 is 0.649 bits per heavy atom. The Hall–Kier alpha value is -6.48. The van der Waals surface area contributed by atoms with E-state index in [-0.39, 0.29) is 37.0 Å². The van der Waals surface area contributed by atoms with Gasteiger partial charge in [0.15, 0.2) is 0 Å². The van der Waals surface area contributed by atoms with Crippen LogP contribution in [0.25, 0.3) is 33.8 Å². The number of hydrogen-bond acceptors (Lipinski definition) is 6. The Bertz CT molecular complexity index is 2100. The third kappa shape index (κ3) is 9.67. The molecule has 9 nitrogen and oxygen atoms in total. The summed E-state index contributed by atoms with van der Waals surface area (Å²) >= 11 is 0. The van der Waals surface area contributed by atoms with Gasteiger partial charge >= 0.3 is 0 Å². The topological polar surface area (TPSA) is 126 Å². The minimum Gasteiger partial charge on any atom is -0.324 e. The minimum absolute atomic E-state index is 0.259. The van der Waals surface area contributed by atoms with Crippen molar-refractivity contribution in [2.75, 3.05) is 16.0 Å². The number of aromatic nitrogens is 3. The smallest absolute Gasteiger partial charge is 0.227 e. The Morgan fingerprint density at radius 1 is 0.404 bits per heavy atom. The van der Waals surface area contributed by atoms with Crippen LogP contribution in [-0.4, -0.2) is 32.7 Å². The highest BCUT2D eigenvalue weighted by Gasteiger charge is 2.39. The molecule has 9 heteroatoms. The molecule has 0 aliphatic heterocycles. The summed E-state index contributed by atoms with van der Waals surface area (Å²) in [6.07, 6.45) is 5.80. The van der Waals surface area contributed by atoms with Crippen molar-refractivity contribution in [1.82, 2.24) is 15.0 Å². The quantitative estimate of drug-likeness (QED) is 0.135. The lowest BCUT2D eigenvalue weighted by molar-refractivity contribution is -0.129. The normalized spacial score (nSPS) is 16.4. The van der Waals surface area contributed by atoms with Gasteiger partial charge in [0.05, 0.1) is 52.7 Å². The van der Waals surface area contributed by atoms with Crippen molar-refractivity contribution in [1.29, 1.82) is 0 Å². The van der Waals surface area contributed by atoms with Crippen LogP contribution in [0.3, 0.4) is 0 Å². The van der Waals surface area contributed by atoms with Crippen molar-refractivity contribution in [2.24, 2.45) is 17.8 Å². The van der Waals surface area contributed by atoms with E-state index in [0.29, 0.717) is 17.1 Å². The summed E-state index contributed by atoms with van der Waals surface area (Å²) in [5, 5.41) is 9.02. The van der Waals surface area contributed by atoms with Crippen LogP contribution in [0.15, 0.2) is 110 Å². The predicted octanol–water partition coefficient (Wildman–Crippen LogP) is 9.97. The van der Waals surface area contributed by atoms with Crippen LogP contribution in [0.2, 0.25) is 0 Å². The second-order valence-corrected chi connectivity index (χ2v) is 15.7. The largest absolute Gasteiger partial charge is 0.324 e. The van der Waals surface area contributed by atoms with Crippen LogP contribution in [0, 0.1) is 59.3 Å². The van der Waals surface area contributed by atoms with Crippen LogP contribution >= 0.6 is 0 Å². The van der Waals surface area contributed by atoms with Gasteiger partial charge in [-0.1, -0.05) is 51.6 Å². The molecule has 6 aromatic rings. The fourth-order valence-corrected chi connectivity index (χ4v) is 7.98. The molecule has 3 amide bonds. The van der Waals surface area contributed by atoms with E-state index in [0.717, 1.165) is 67.2 Å². The minimum atomic E-state index is -0.598. The van der Waals surface area contributed by atoms with Crippen LogP contribution < -0.4 is 16.0 Å². The first-order chi connectivity index (χ1) is 27.3. The van der Waals surface area contributed by atoms with Gasteiger partial charge in [-0.25, -0.2) is 0 Å². The van der Waals surface area contributed by atoms with Crippen LogP contribution in [0.4, 0.5) is 17.1 Å². The van der Waals surface area contributed by atoms with Gasteiger partial charge in [-0.15, -0.1) is 0 Å². The summed E-state index contributed by atoms with van der Waals surface area (Å²) in [4.78, 5) is 55.5. The average molecular weight is 757 g/mol. The fourth-order valence-electron chi connectivity index (χ4n) is 7.98. The van der Waals surface area contributed by atoms with Gasteiger partial charge in [0.2, 0.25) is 17.7 Å². The number of carbonyl (C=O) groups excluding carboxylic acids is 3. The van der Waals surface area contributed by atoms with E-state index in [1.165, 1.54) is 0 Å². The number of anilines is 3. The molecule has 1 saturated carbocycles. The highest BCUT2D eigenvalue weighted by molar-refractivity contribution is 5.98. The van der Waals surface area contributed by atoms with Crippen LogP contribution in [0.1, 0.15) is 52.6 Å². The molecule has 57 heavy (non-hydrogen) atoms. The lowest BCUT2D eigenvalue weighted by Gasteiger charge is -2.33. The number of carbonyl (C=O) groups is 3. The van der Waals surface area contributed by atoms with Gasteiger partial charge in [-0.2, -0.15) is 0 Å². The molecule has 288 valence electrons. The molecule has 1 fully saturated rings. The molecule has 3 aromatic heterocycles. The number of aryl methyl sites for hydroxylation is 6. The van der Waals surface area contributed by atoms with E-state index in [1.54, 1.807) is 18.6 Å². The number of rotatable bonds is 9. The van der Waals surface area contributed by atoms with Crippen LogP contribution in [-0.2, 0) is 14.4 Å². The monoisotopic (exact) mass is 756 g/mol. The Kier molecular flexibility index (Phi) is 11.4. The zero-order valence-corrected chi connectivity index (χ0v) is 33.3. The molecule has 0 unspecified atom stereocenters. The Labute approximate surface area is 334 Å². The molecule has 0 bridgehead atoms. The van der Waals surface area contributed by atoms with Crippen molar-refractivity contribution in [3.05, 3.63) is 143 Å². The zero-order valence-electron chi connectivity index (χ0n) is 33.3. The molecule has 0 atom stereocenters. The SMILES string of the molecule is Cc1cc(C)cc(-c2ccc(NC(=O)C3CC(C(=O)Nc4ccc(-c5cc(C)cc(C)c5)nc4)CC(C(=O)Nc4ccc(-c5cc(C)cc(C)c5)nc4)C3)cn2)c1. The first-order valence-electron chi connectivity index (χ1n) is 19.4. The van der Waals surface area contributed by atoms with Gasteiger partial charge in [-0.3, -0.25) is 29.3 Å². The fraction of sp³-hybridized carbons (Fsp3) is 0.250. The van der Waals surface area contributed by atoms with E-state index >= 15 is 0 Å². The number of pyridine rings is 3. The van der Waals surface area contributed by atoms with Gasteiger partial charge in [-0.05, 0) is 134 Å². The lowest BCUT2D eigenvalue weighted by atomic mass is 9.74. The number of amides is 3. The number of hydrogen-bond donors (Lipinski definition) is 3. The number of nitrogens with one attached hydrogen (secondary N) is 3. The molecule has 0 saturated heterocycles. The molecule has 0 spiro atoms. The summed E-state index contributed by atoms with van der Waals surface area (Å²) in [6.45, 7) is 12.3. The van der Waals surface area contributed by atoms with Gasteiger partial charge in [0, 0.05) is 34.4 Å². The second-order valence-electron chi connectivity index (χ2n) is 15.7. The number of benzene rings is 3. The first kappa shape index (κ1) is 38.8. The maximum atomic E-state index is 13.9. The second kappa shape index (κ2) is 16.7. The molecule has 1 aliphatic rings. The van der Waals surface area contributed by atoms with Gasteiger partial charge in [0.25, 0.3) is 0 Å². The third-order valence-corrected chi connectivity index (χ3v) is 10.5. The summed E-state index contributed by atoms with van der Waals surface area (Å²) in [7, 11) is 0. The maximum absolute atomic E-state index is 13.9. The van der Waals surface area contributed by atoms with Gasteiger partial charge in [0.1, 0.15) is 0 Å². The van der Waals surface area contributed by atoms with Crippen molar-refractivity contribution in [3.8, 4) is 33.8 Å². The molecule has 3 N–H and O–H groups in total.